The zero-order valence-electron chi connectivity index (χ0n) is 17.6. The number of methoxy groups -OCH3 is 1. The number of aliphatic hydroxyl groups excluding tert-OH is 1. The van der Waals surface area contributed by atoms with Crippen LogP contribution in [0, 0.1) is 0 Å². The standard InChI is InChI=1S/C24H27N3O4/c1-31-17-9-6-15(7-10-17)26-21-14-16(8-11-20(21)23(25)29)27-22-5-3-2-4-18(22)19(12-13-28)24(27)30/h6-11,14,22,26,28H,2-5,12-13H2,1H3,(H2,25,29). The third-order valence-corrected chi connectivity index (χ3v) is 6.03. The van der Waals surface area contributed by atoms with Gasteiger partial charge in [0.05, 0.1) is 24.4 Å². The van der Waals surface area contributed by atoms with Crippen molar-refractivity contribution in [3.63, 3.8) is 0 Å². The molecule has 7 heteroatoms. The van der Waals surface area contributed by atoms with E-state index in [9.17, 15) is 14.7 Å². The summed E-state index contributed by atoms with van der Waals surface area (Å²) >= 11 is 0. The molecule has 1 saturated carbocycles. The van der Waals surface area contributed by atoms with E-state index in [1.165, 1.54) is 0 Å². The summed E-state index contributed by atoms with van der Waals surface area (Å²) < 4.78 is 5.19. The number of carbonyl (C=O) groups excluding carboxylic acids is 2. The summed E-state index contributed by atoms with van der Waals surface area (Å²) in [6.07, 6.45) is 4.28. The molecule has 2 aromatic rings. The summed E-state index contributed by atoms with van der Waals surface area (Å²) in [7, 11) is 1.60. The van der Waals surface area contributed by atoms with E-state index >= 15 is 0 Å². The molecule has 0 aromatic heterocycles. The van der Waals surface area contributed by atoms with Crippen LogP contribution in [0.5, 0.6) is 5.75 Å². The molecule has 0 saturated heterocycles. The van der Waals surface area contributed by atoms with Gasteiger partial charge in [0, 0.05) is 30.0 Å². The van der Waals surface area contributed by atoms with Gasteiger partial charge in [0.15, 0.2) is 0 Å². The molecule has 162 valence electrons. The zero-order chi connectivity index (χ0) is 22.0. The molecule has 1 aliphatic heterocycles. The van der Waals surface area contributed by atoms with Crippen LogP contribution in [0.1, 0.15) is 42.5 Å². The van der Waals surface area contributed by atoms with Gasteiger partial charge in [-0.1, -0.05) is 6.42 Å². The van der Waals surface area contributed by atoms with Crippen LogP contribution < -0.4 is 20.7 Å². The SMILES string of the molecule is COc1ccc(Nc2cc(N3C(=O)C(CCO)=C4CCCCC43)ccc2C(N)=O)cc1. The molecule has 1 atom stereocenters. The lowest BCUT2D eigenvalue weighted by atomic mass is 9.88. The first-order chi connectivity index (χ1) is 15.0. The second-order valence-electron chi connectivity index (χ2n) is 7.86. The third kappa shape index (κ3) is 4.01. The number of aliphatic hydroxyl groups is 1. The van der Waals surface area contributed by atoms with E-state index in [1.807, 2.05) is 29.2 Å². The summed E-state index contributed by atoms with van der Waals surface area (Å²) in [5, 5.41) is 12.7. The Balaban J connectivity index is 1.70. The average molecular weight is 421 g/mol. The molecule has 0 radical (unpaired) electrons. The molecule has 0 bridgehead atoms. The van der Waals surface area contributed by atoms with Gasteiger partial charge in [-0.3, -0.25) is 9.59 Å². The highest BCUT2D eigenvalue weighted by atomic mass is 16.5. The molecule has 2 amide bonds. The minimum Gasteiger partial charge on any atom is -0.497 e. The maximum atomic E-state index is 13.3. The van der Waals surface area contributed by atoms with Crippen molar-refractivity contribution in [2.45, 2.75) is 38.1 Å². The van der Waals surface area contributed by atoms with Crippen LogP contribution in [0.2, 0.25) is 0 Å². The van der Waals surface area contributed by atoms with Crippen molar-refractivity contribution >= 4 is 28.9 Å². The van der Waals surface area contributed by atoms with Crippen LogP contribution >= 0.6 is 0 Å². The molecule has 7 nitrogen and oxygen atoms in total. The fraction of sp³-hybridized carbons (Fsp3) is 0.333. The number of rotatable bonds is 7. The number of nitrogens with two attached hydrogens (primary N) is 1. The zero-order valence-corrected chi connectivity index (χ0v) is 17.6. The molecule has 2 aromatic carbocycles. The second-order valence-corrected chi connectivity index (χ2v) is 7.86. The molecule has 2 aliphatic rings. The lowest BCUT2D eigenvalue weighted by Crippen LogP contribution is -2.37. The van der Waals surface area contributed by atoms with Crippen molar-refractivity contribution in [2.75, 3.05) is 23.9 Å². The van der Waals surface area contributed by atoms with Gasteiger partial charge >= 0.3 is 0 Å². The van der Waals surface area contributed by atoms with Crippen LogP contribution in [0.4, 0.5) is 17.1 Å². The largest absolute Gasteiger partial charge is 0.497 e. The maximum Gasteiger partial charge on any atom is 0.254 e. The van der Waals surface area contributed by atoms with E-state index in [0.717, 1.165) is 48.3 Å². The van der Waals surface area contributed by atoms with Gasteiger partial charge in [-0.25, -0.2) is 0 Å². The smallest absolute Gasteiger partial charge is 0.254 e. The Labute approximate surface area is 181 Å². The van der Waals surface area contributed by atoms with Crippen LogP contribution in [0.25, 0.3) is 0 Å². The third-order valence-electron chi connectivity index (χ3n) is 6.03. The number of nitrogens with zero attached hydrogens (tertiary/aromatic N) is 1. The number of amides is 2. The Morgan fingerprint density at radius 3 is 2.68 bits per heavy atom. The lowest BCUT2D eigenvalue weighted by Gasteiger charge is -2.30. The Morgan fingerprint density at radius 2 is 2.00 bits per heavy atom. The summed E-state index contributed by atoms with van der Waals surface area (Å²) in [6.45, 7) is -0.0456. The van der Waals surface area contributed by atoms with Crippen molar-refractivity contribution in [2.24, 2.45) is 5.73 Å². The molecule has 31 heavy (non-hydrogen) atoms. The van der Waals surface area contributed by atoms with Gasteiger partial charge in [0.25, 0.3) is 11.8 Å². The molecule has 1 aliphatic carbocycles. The highest BCUT2D eigenvalue weighted by Crippen LogP contribution is 2.41. The fourth-order valence-corrected chi connectivity index (χ4v) is 4.56. The number of ether oxygens (including phenoxy) is 1. The number of hydrogen-bond acceptors (Lipinski definition) is 5. The van der Waals surface area contributed by atoms with Crippen molar-refractivity contribution in [1.29, 1.82) is 0 Å². The lowest BCUT2D eigenvalue weighted by molar-refractivity contribution is -0.115. The average Bonchev–Trinajstić information content (AvgIpc) is 3.06. The molecule has 4 N–H and O–H groups in total. The molecular weight excluding hydrogens is 394 g/mol. The van der Waals surface area contributed by atoms with Gasteiger partial charge in [0.1, 0.15) is 5.75 Å². The van der Waals surface area contributed by atoms with E-state index < -0.39 is 5.91 Å². The minimum absolute atomic E-state index is 0.0102. The van der Waals surface area contributed by atoms with Crippen LogP contribution in [-0.2, 0) is 4.79 Å². The molecule has 1 heterocycles. The predicted octanol–water partition coefficient (Wildman–Crippen LogP) is 3.51. The van der Waals surface area contributed by atoms with E-state index in [0.29, 0.717) is 23.4 Å². The highest BCUT2D eigenvalue weighted by molar-refractivity contribution is 6.11. The van der Waals surface area contributed by atoms with Crippen LogP contribution in [-0.4, -0.2) is 36.7 Å². The molecule has 4 rings (SSSR count). The highest BCUT2D eigenvalue weighted by Gasteiger charge is 2.40. The van der Waals surface area contributed by atoms with E-state index in [-0.39, 0.29) is 18.6 Å². The van der Waals surface area contributed by atoms with E-state index in [4.69, 9.17) is 10.5 Å². The molecule has 0 spiro atoms. The second kappa shape index (κ2) is 8.81. The summed E-state index contributed by atoms with van der Waals surface area (Å²) in [5.74, 6) is 0.121. The number of benzene rings is 2. The summed E-state index contributed by atoms with van der Waals surface area (Å²) in [4.78, 5) is 27.1. The number of hydrogen-bond donors (Lipinski definition) is 3. The maximum absolute atomic E-state index is 13.3. The Morgan fingerprint density at radius 1 is 1.23 bits per heavy atom. The monoisotopic (exact) mass is 421 g/mol. The van der Waals surface area contributed by atoms with Crippen molar-refractivity contribution < 1.29 is 19.4 Å². The predicted molar refractivity (Wildman–Crippen MR) is 120 cm³/mol. The molecule has 1 fully saturated rings. The van der Waals surface area contributed by atoms with Gasteiger partial charge < -0.3 is 25.8 Å². The Bertz CT molecular complexity index is 1030. The Hall–Kier alpha value is -3.32. The first-order valence-electron chi connectivity index (χ1n) is 10.5. The van der Waals surface area contributed by atoms with Crippen molar-refractivity contribution in [3.8, 4) is 5.75 Å². The first kappa shape index (κ1) is 20.9. The van der Waals surface area contributed by atoms with Crippen LogP contribution in [0.3, 0.4) is 0 Å². The van der Waals surface area contributed by atoms with E-state index in [2.05, 4.69) is 5.32 Å². The first-order valence-corrected chi connectivity index (χ1v) is 10.5. The van der Waals surface area contributed by atoms with Crippen LogP contribution in [0.15, 0.2) is 53.6 Å². The molecular formula is C24H27N3O4. The summed E-state index contributed by atoms with van der Waals surface area (Å²) in [6, 6.07) is 12.6. The van der Waals surface area contributed by atoms with Gasteiger partial charge in [0.2, 0.25) is 0 Å². The van der Waals surface area contributed by atoms with Gasteiger partial charge in [-0.05, 0) is 67.3 Å². The number of fused-ring (bicyclic) bond motifs is 1. The normalized spacial score (nSPS) is 18.2. The topological polar surface area (TPSA) is 105 Å². The minimum atomic E-state index is -0.548. The van der Waals surface area contributed by atoms with E-state index in [1.54, 1.807) is 25.3 Å². The molecule has 1 unspecified atom stereocenters. The van der Waals surface area contributed by atoms with Crippen molar-refractivity contribution in [3.05, 3.63) is 59.2 Å². The number of nitrogens with one attached hydrogen (secondary N) is 1. The fourth-order valence-electron chi connectivity index (χ4n) is 4.56. The number of anilines is 3. The van der Waals surface area contributed by atoms with Gasteiger partial charge in [-0.2, -0.15) is 0 Å². The Kier molecular flexibility index (Phi) is 5.95. The number of primary amides is 1. The van der Waals surface area contributed by atoms with Crippen molar-refractivity contribution in [1.82, 2.24) is 0 Å². The van der Waals surface area contributed by atoms with Gasteiger partial charge in [-0.15, -0.1) is 0 Å². The summed E-state index contributed by atoms with van der Waals surface area (Å²) in [5.41, 5.74) is 9.84. The number of carbonyl (C=O) groups is 2. The quantitative estimate of drug-likeness (QED) is 0.635.